The van der Waals surface area contributed by atoms with Gasteiger partial charge in [0, 0.05) is 87.1 Å². The second-order valence-electron chi connectivity index (χ2n) is 15.2. The van der Waals surface area contributed by atoms with Crippen molar-refractivity contribution in [3.8, 4) is 11.5 Å². The van der Waals surface area contributed by atoms with Gasteiger partial charge in [-0.15, -0.1) is 0 Å². The highest BCUT2D eigenvalue weighted by Gasteiger charge is 2.25. The van der Waals surface area contributed by atoms with Crippen molar-refractivity contribution in [2.75, 3.05) is 79.7 Å². The average molecular weight is 773 g/mol. The summed E-state index contributed by atoms with van der Waals surface area (Å²) in [6.07, 6.45) is 1.73. The van der Waals surface area contributed by atoms with Gasteiger partial charge in [0.15, 0.2) is 11.6 Å². The molecule has 0 bridgehead atoms. The molecule has 14 heteroatoms. The maximum absolute atomic E-state index is 13.5. The Morgan fingerprint density at radius 2 is 1.02 bits per heavy atom. The van der Waals surface area contributed by atoms with E-state index in [1.54, 1.807) is 23.6 Å². The number of ketones is 2. The molecule has 14 nitrogen and oxygen atoms in total. The maximum Gasteiger partial charge on any atom is 0.244 e. The summed E-state index contributed by atoms with van der Waals surface area (Å²) in [7, 11) is 3.19. The van der Waals surface area contributed by atoms with E-state index >= 15 is 0 Å². The van der Waals surface area contributed by atoms with Gasteiger partial charge in [0.05, 0.1) is 25.3 Å². The predicted molar refractivity (Wildman–Crippen MR) is 218 cm³/mol. The van der Waals surface area contributed by atoms with Crippen LogP contribution in [-0.2, 0) is 22.7 Å². The van der Waals surface area contributed by atoms with Crippen LogP contribution in [0.25, 0.3) is 21.8 Å². The molecule has 0 saturated carbocycles. The van der Waals surface area contributed by atoms with Crippen LogP contribution < -0.4 is 9.47 Å². The highest BCUT2D eigenvalue weighted by atomic mass is 16.5. The van der Waals surface area contributed by atoms with Crippen LogP contribution in [0.5, 0.6) is 11.5 Å². The van der Waals surface area contributed by atoms with Crippen LogP contribution in [0.1, 0.15) is 75.4 Å². The second-order valence-corrected chi connectivity index (χ2v) is 15.2. The number of carbonyl (C=O) groups is 4. The molecule has 0 spiro atoms. The number of fused-ring (bicyclic) bond motifs is 2. The molecule has 56 heavy (non-hydrogen) atoms. The number of Topliss-reactive ketones (excluding diaryl/α,β-unsaturated/α-hetero) is 2. The molecule has 2 aromatic carbocycles. The highest BCUT2D eigenvalue weighted by molar-refractivity contribution is 6.08. The van der Waals surface area contributed by atoms with Crippen molar-refractivity contribution in [2.24, 2.45) is 11.8 Å². The quantitative estimate of drug-likeness (QED) is 0.115. The molecule has 0 radical (unpaired) electrons. The van der Waals surface area contributed by atoms with Crippen LogP contribution in [0.4, 0.5) is 0 Å². The van der Waals surface area contributed by atoms with E-state index in [2.05, 4.69) is 20.0 Å². The van der Waals surface area contributed by atoms with Crippen LogP contribution in [0, 0.1) is 11.8 Å². The van der Waals surface area contributed by atoms with Gasteiger partial charge in [0.1, 0.15) is 36.0 Å². The summed E-state index contributed by atoms with van der Waals surface area (Å²) in [6, 6.07) is 11.0. The van der Waals surface area contributed by atoms with Gasteiger partial charge in [0.2, 0.25) is 11.8 Å². The fraction of sp³-hybridized carbons (Fsp3) is 0.571. The first-order chi connectivity index (χ1) is 26.9. The molecule has 2 aromatic heterocycles. The third-order valence-electron chi connectivity index (χ3n) is 10.7. The second kappa shape index (κ2) is 19.4. The summed E-state index contributed by atoms with van der Waals surface area (Å²) < 4.78 is 14.1. The molecule has 0 unspecified atom stereocenters. The lowest BCUT2D eigenvalue weighted by Gasteiger charge is -2.35. The van der Waals surface area contributed by atoms with Gasteiger partial charge in [-0.3, -0.25) is 28.5 Å². The van der Waals surface area contributed by atoms with E-state index in [0.717, 1.165) is 62.9 Å². The van der Waals surface area contributed by atoms with Crippen molar-refractivity contribution in [1.82, 2.24) is 39.2 Å². The first kappa shape index (κ1) is 42.3. The summed E-state index contributed by atoms with van der Waals surface area (Å²) in [6.45, 7) is 19.6. The molecule has 0 atom stereocenters. The van der Waals surface area contributed by atoms with Gasteiger partial charge < -0.3 is 29.1 Å². The zero-order chi connectivity index (χ0) is 40.5. The molecule has 1 aliphatic rings. The van der Waals surface area contributed by atoms with Crippen LogP contribution in [0.3, 0.4) is 0 Å². The molecule has 3 heterocycles. The van der Waals surface area contributed by atoms with Crippen molar-refractivity contribution in [1.29, 1.82) is 0 Å². The monoisotopic (exact) mass is 772 g/mol. The van der Waals surface area contributed by atoms with Crippen molar-refractivity contribution >= 4 is 45.2 Å². The molecule has 4 aromatic rings. The fourth-order valence-corrected chi connectivity index (χ4v) is 7.29. The Morgan fingerprint density at radius 3 is 1.34 bits per heavy atom. The summed E-state index contributed by atoms with van der Waals surface area (Å²) >= 11 is 0. The zero-order valence-electron chi connectivity index (χ0n) is 34.5. The number of hydrogen-bond donors (Lipinski definition) is 0. The van der Waals surface area contributed by atoms with Crippen molar-refractivity contribution in [3.63, 3.8) is 0 Å². The van der Waals surface area contributed by atoms with Gasteiger partial charge in [-0.05, 0) is 64.0 Å². The minimum Gasteiger partial charge on any atom is -0.497 e. The van der Waals surface area contributed by atoms with Crippen LogP contribution in [0.2, 0.25) is 0 Å². The topological polar surface area (TPSA) is 135 Å². The summed E-state index contributed by atoms with van der Waals surface area (Å²) in [5.41, 5.74) is 2.20. The lowest BCUT2D eigenvalue weighted by atomic mass is 10.0. The molecule has 1 aliphatic heterocycles. The van der Waals surface area contributed by atoms with E-state index in [0.29, 0.717) is 60.1 Å². The lowest BCUT2D eigenvalue weighted by molar-refractivity contribution is -0.132. The molecule has 2 amide bonds. The minimum atomic E-state index is -0.208. The number of ether oxygens (including phenoxy) is 2. The van der Waals surface area contributed by atoms with E-state index in [1.165, 1.54) is 0 Å². The molecule has 0 aliphatic carbocycles. The van der Waals surface area contributed by atoms with E-state index in [1.807, 2.05) is 87.7 Å². The van der Waals surface area contributed by atoms with Gasteiger partial charge >= 0.3 is 0 Å². The number of nitrogens with zero attached hydrogens (tertiary/aromatic N) is 8. The minimum absolute atomic E-state index is 0.0307. The largest absolute Gasteiger partial charge is 0.497 e. The van der Waals surface area contributed by atoms with E-state index < -0.39 is 0 Å². The van der Waals surface area contributed by atoms with Crippen LogP contribution >= 0.6 is 0 Å². The SMILES string of the molecule is CCN(CCCN1CCN(CCCN(CC)C(=O)Cn2nc(C(=O)C(C)C)c3ccc(OC)cc32)CC1)C(=O)Cn1nc(C(=O)C(C)C)c2ccc(OC)cc21. The third kappa shape index (κ3) is 9.94. The Hall–Kier alpha value is -4.82. The summed E-state index contributed by atoms with van der Waals surface area (Å²) in [5.74, 6) is 0.715. The van der Waals surface area contributed by atoms with Gasteiger partial charge in [0.25, 0.3) is 0 Å². The number of aromatic nitrogens is 4. The lowest BCUT2D eigenvalue weighted by Crippen LogP contribution is -2.47. The fourth-order valence-electron chi connectivity index (χ4n) is 7.29. The van der Waals surface area contributed by atoms with E-state index in [-0.39, 0.29) is 48.3 Å². The number of rotatable bonds is 20. The van der Waals surface area contributed by atoms with Gasteiger partial charge in [-0.25, -0.2) is 0 Å². The number of piperazine rings is 1. The molecule has 304 valence electrons. The molecule has 5 rings (SSSR count). The molecule has 1 saturated heterocycles. The number of likely N-dealkylation sites (N-methyl/N-ethyl adjacent to an activating group) is 2. The number of amides is 2. The number of hydrogen-bond acceptors (Lipinski definition) is 10. The first-order valence-electron chi connectivity index (χ1n) is 20.1. The normalized spacial score (nSPS) is 13.9. The maximum atomic E-state index is 13.5. The predicted octanol–water partition coefficient (Wildman–Crippen LogP) is 4.88. The first-order valence-corrected chi connectivity index (χ1v) is 20.1. The molecular formula is C42H60N8O6. The highest BCUT2D eigenvalue weighted by Crippen LogP contribution is 2.27. The van der Waals surface area contributed by atoms with Crippen molar-refractivity contribution in [3.05, 3.63) is 47.8 Å². The average Bonchev–Trinajstić information content (AvgIpc) is 3.74. The number of carbonyl (C=O) groups excluding carboxylic acids is 4. The molecule has 0 N–H and O–H groups in total. The van der Waals surface area contributed by atoms with E-state index in [9.17, 15) is 19.2 Å². The summed E-state index contributed by atoms with van der Waals surface area (Å²) in [4.78, 5) is 61.5. The Bertz CT molecular complexity index is 1850. The standard InChI is InChI=1S/C42H60N8O6/c1-9-47(37(51)27-49-35-25-31(55-7)13-15-33(35)39(43-49)41(53)29(3)4)19-11-17-45-21-23-46(24-22-45)18-12-20-48(10-2)38(52)28-50-36-26-32(56-8)14-16-34(36)40(44-50)42(54)30(5)6/h13-16,25-26,29-30H,9-12,17-24,27-28H2,1-8H3. The number of benzene rings is 2. The van der Waals surface area contributed by atoms with Crippen molar-refractivity contribution < 1.29 is 28.7 Å². The zero-order valence-corrected chi connectivity index (χ0v) is 34.5. The molecule has 1 fully saturated rings. The smallest absolute Gasteiger partial charge is 0.244 e. The van der Waals surface area contributed by atoms with Gasteiger partial charge in [-0.2, -0.15) is 10.2 Å². The molecular weight excluding hydrogens is 713 g/mol. The van der Waals surface area contributed by atoms with Gasteiger partial charge in [-0.1, -0.05) is 27.7 Å². The van der Waals surface area contributed by atoms with Crippen LogP contribution in [-0.4, -0.2) is 142 Å². The Balaban J connectivity index is 1.06. The van der Waals surface area contributed by atoms with Crippen molar-refractivity contribution in [2.45, 2.75) is 67.5 Å². The Labute approximate surface area is 330 Å². The third-order valence-corrected chi connectivity index (χ3v) is 10.7. The Kier molecular flexibility index (Phi) is 14.6. The van der Waals surface area contributed by atoms with E-state index in [4.69, 9.17) is 9.47 Å². The van der Waals surface area contributed by atoms with Crippen LogP contribution in [0.15, 0.2) is 36.4 Å². The summed E-state index contributed by atoms with van der Waals surface area (Å²) in [5, 5.41) is 10.7. The Morgan fingerprint density at radius 1 is 0.643 bits per heavy atom. The number of methoxy groups -OCH3 is 2.